The van der Waals surface area contributed by atoms with Crippen LogP contribution in [-0.2, 0) is 60.9 Å². The minimum Gasteiger partial charge on any atom is -0.620 e. The van der Waals surface area contributed by atoms with E-state index >= 15 is 0 Å². The normalized spacial score (nSPS) is 20.5. The number of epoxide rings is 1. The Morgan fingerprint density at radius 2 is 1.20 bits per heavy atom. The van der Waals surface area contributed by atoms with Gasteiger partial charge in [0.2, 0.25) is 6.29 Å². The predicted molar refractivity (Wildman–Crippen MR) is 262 cm³/mol. The van der Waals surface area contributed by atoms with Gasteiger partial charge in [0.05, 0.1) is 18.4 Å². The largest absolute Gasteiger partial charge is 0.620 e. The number of rotatable bonds is 21. The molecule has 2 aliphatic rings. The van der Waals surface area contributed by atoms with Crippen molar-refractivity contribution in [3.8, 4) is 0 Å². The van der Waals surface area contributed by atoms with Crippen molar-refractivity contribution < 1.29 is 45.2 Å². The fourth-order valence-electron chi connectivity index (χ4n) is 6.30. The quantitative estimate of drug-likeness (QED) is 0.0472. The van der Waals surface area contributed by atoms with Crippen molar-refractivity contribution in [3.05, 3.63) is 0 Å². The third-order valence-corrected chi connectivity index (χ3v) is 28.2. The maximum absolute atomic E-state index is 13.3. The lowest BCUT2D eigenvalue weighted by Gasteiger charge is -2.42. The van der Waals surface area contributed by atoms with Crippen molar-refractivity contribution in [1.29, 1.82) is 0 Å². The molecular weight excluding hydrogens is 852 g/mol. The fourth-order valence-corrected chi connectivity index (χ4v) is 28.4. The van der Waals surface area contributed by atoms with E-state index in [1.807, 2.05) is 33.5 Å². The summed E-state index contributed by atoms with van der Waals surface area (Å²) in [7, 11) is -10.7. The molecule has 0 aromatic rings. The molecule has 56 heavy (non-hydrogen) atoms. The van der Waals surface area contributed by atoms with Gasteiger partial charge in [0.15, 0.2) is 16.6 Å². The number of carbonyl (C=O) groups excluding carboxylic acids is 2. The molecule has 345 valence electrons. The Balaban J connectivity index is -0.000000427. The average molecular weight is 949 g/mol. The molecule has 6 atom stereocenters. The van der Waals surface area contributed by atoms with E-state index in [0.29, 0.717) is 43.3 Å². The first-order chi connectivity index (χ1) is 21.6. The number of hydrogen-bond donors (Lipinski definition) is 0. The molecule has 1 aliphatic carbocycles. The Labute approximate surface area is 365 Å². The molecule has 1 saturated carbocycles. The summed E-state index contributed by atoms with van der Waals surface area (Å²) in [5.41, 5.74) is 0. The Bertz CT molecular complexity index is 1090. The molecule has 1 radical (unpaired) electrons. The number of carbonyl (C=O) groups is 2. The predicted octanol–water partition coefficient (Wildman–Crippen LogP) is 12.2. The average Bonchev–Trinajstić information content (AvgIpc) is 3.73. The minimum atomic E-state index is -3.10. The van der Waals surface area contributed by atoms with Crippen LogP contribution in [0.25, 0.3) is 0 Å². The molecule has 6 unspecified atom stereocenters. The molecule has 18 heteroatoms. The molecule has 0 N–H and O–H groups in total. The minimum absolute atomic E-state index is 0. The Hall–Kier alpha value is 0.524. The highest BCUT2D eigenvalue weighted by molar-refractivity contribution is 8.33. The lowest BCUT2D eigenvalue weighted by molar-refractivity contribution is -0.153. The molecule has 0 bridgehead atoms. The first-order valence-corrected chi connectivity index (χ1v) is 34.4. The van der Waals surface area contributed by atoms with Crippen LogP contribution in [0.2, 0.25) is 71.0 Å². The molecule has 1 aliphatic heterocycles. The Morgan fingerprint density at radius 1 is 0.750 bits per heavy atom. The molecule has 1 saturated heterocycles. The molecule has 0 aromatic heterocycles. The Kier molecular flexibility index (Phi) is 43.9. The van der Waals surface area contributed by atoms with Crippen LogP contribution in [0.4, 0.5) is 0 Å². The highest BCUT2D eigenvalue weighted by Crippen LogP contribution is 2.35. The van der Waals surface area contributed by atoms with Crippen LogP contribution in [0.5, 0.6) is 0 Å². The van der Waals surface area contributed by atoms with Crippen molar-refractivity contribution in [2.75, 3.05) is 19.4 Å². The van der Waals surface area contributed by atoms with E-state index in [2.05, 4.69) is 39.3 Å². The second-order valence-electron chi connectivity index (χ2n) is 15.6. The van der Waals surface area contributed by atoms with Gasteiger partial charge in [-0.05, 0) is 83.6 Å². The first-order valence-electron chi connectivity index (χ1n) is 17.0. The maximum Gasteiger partial charge on any atom is 0.360 e. The zero-order valence-electron chi connectivity index (χ0n) is 30.5. The van der Waals surface area contributed by atoms with E-state index in [1.54, 1.807) is 0 Å². The lowest BCUT2D eigenvalue weighted by Crippen LogP contribution is -2.59. The van der Waals surface area contributed by atoms with Crippen LogP contribution in [0, 0.1) is 23.7 Å². The molecule has 10 nitrogen and oxygen atoms in total. The first kappa shape index (κ1) is 74.0. The van der Waals surface area contributed by atoms with Gasteiger partial charge >= 0.3 is 38.3 Å². The topological polar surface area (TPSA) is 125 Å². The molecule has 0 aromatic carbocycles. The second kappa shape index (κ2) is 33.2. The van der Waals surface area contributed by atoms with Gasteiger partial charge in [-0.2, -0.15) is 0 Å². The van der Waals surface area contributed by atoms with Crippen molar-refractivity contribution in [1.82, 2.24) is 0 Å². The standard InChI is InChI=1S/C29H60O10PS2Si5.9CH4/c1-23(28(30)33-18-16-25-12-14-26(15-13-25)17-19-40(32)42-41)21-46(10,37-43(3)36-44(4,5)6)39-47(11,38-45(7,8)9)22-24(2)29(31)35-27-20-34-27;;;;;;;;;/h23-27H,12-22H2,1-11H3;9*1H4. The summed E-state index contributed by atoms with van der Waals surface area (Å²) in [6.45, 7) is 22.0. The van der Waals surface area contributed by atoms with Gasteiger partial charge in [-0.1, -0.05) is 106 Å². The number of hydrogen-bond acceptors (Lipinski definition) is 11. The monoisotopic (exact) mass is 948 g/mol. The fraction of sp³-hybridized carbons (Fsp3) is 0.947. The van der Waals surface area contributed by atoms with Gasteiger partial charge in [0.25, 0.3) is 0 Å². The van der Waals surface area contributed by atoms with Crippen LogP contribution in [-0.4, -0.2) is 80.6 Å². The number of esters is 2. The zero-order valence-corrected chi connectivity index (χ0v) is 38.0. The van der Waals surface area contributed by atoms with Gasteiger partial charge in [0.1, 0.15) is 29.2 Å². The summed E-state index contributed by atoms with van der Waals surface area (Å²) in [5, 5.41) is 0. The van der Waals surface area contributed by atoms with Crippen LogP contribution < -0.4 is 4.89 Å². The summed E-state index contributed by atoms with van der Waals surface area (Å²) in [6, 6.07) is 0.799. The van der Waals surface area contributed by atoms with E-state index in [-0.39, 0.29) is 78.8 Å². The second-order valence-corrected chi connectivity index (χ2v) is 37.9. The molecule has 2 fully saturated rings. The van der Waals surface area contributed by atoms with Gasteiger partial charge in [-0.3, -0.25) is 9.59 Å². The molecular formula is C38H96O10PS2Si5. The SMILES string of the molecule is C.C.C.C.C.C.C.C.C.CC(C[Si](C)(O[Si](C)O[Si](C)(C)C)O[Si](C)(CC(C)C(=O)OC1CO1)O[Si](C)(C)C)C(=O)OCCC1CCC(CC[P+]([O-])=S=S)CC1. The van der Waals surface area contributed by atoms with Gasteiger partial charge < -0.3 is 35.6 Å². The summed E-state index contributed by atoms with van der Waals surface area (Å²) in [4.78, 5) is 37.9. The molecule has 2 rings (SSSR count). The van der Waals surface area contributed by atoms with E-state index in [0.717, 1.165) is 48.0 Å². The highest BCUT2D eigenvalue weighted by Gasteiger charge is 2.49. The van der Waals surface area contributed by atoms with Crippen LogP contribution in [0.1, 0.15) is 119 Å². The molecule has 0 amide bonds. The summed E-state index contributed by atoms with van der Waals surface area (Å²) >= 11 is 4.85. The van der Waals surface area contributed by atoms with E-state index in [4.69, 9.17) is 41.9 Å². The lowest BCUT2D eigenvalue weighted by atomic mass is 9.79. The van der Waals surface area contributed by atoms with Gasteiger partial charge in [-0.25, -0.2) is 0 Å². The van der Waals surface area contributed by atoms with E-state index in [1.165, 1.54) is 0 Å². The van der Waals surface area contributed by atoms with Crippen molar-refractivity contribution in [2.45, 2.75) is 197 Å². The highest BCUT2D eigenvalue weighted by atomic mass is 32.9. The number of ether oxygens (including phenoxy) is 3. The maximum atomic E-state index is 13.3. The molecule has 1 heterocycles. The Morgan fingerprint density at radius 3 is 1.62 bits per heavy atom. The van der Waals surface area contributed by atoms with E-state index < -0.39 is 68.1 Å². The summed E-state index contributed by atoms with van der Waals surface area (Å²) < 4.78 is 43.3. The van der Waals surface area contributed by atoms with E-state index in [9.17, 15) is 14.5 Å². The van der Waals surface area contributed by atoms with Crippen LogP contribution >= 0.6 is 6.92 Å². The smallest absolute Gasteiger partial charge is 0.360 e. The van der Waals surface area contributed by atoms with Crippen molar-refractivity contribution in [2.24, 2.45) is 23.7 Å². The third-order valence-electron chi connectivity index (χ3n) is 8.01. The van der Waals surface area contributed by atoms with Gasteiger partial charge in [0, 0.05) is 23.3 Å². The van der Waals surface area contributed by atoms with Crippen molar-refractivity contribution in [3.63, 3.8) is 0 Å². The van der Waals surface area contributed by atoms with Crippen LogP contribution in [0.15, 0.2) is 0 Å². The summed E-state index contributed by atoms with van der Waals surface area (Å²) in [6.07, 6.45) is 6.58. The third kappa shape index (κ3) is 31.4. The van der Waals surface area contributed by atoms with Crippen molar-refractivity contribution >= 4 is 82.6 Å². The zero-order chi connectivity index (χ0) is 35.6. The van der Waals surface area contributed by atoms with Crippen LogP contribution in [0.3, 0.4) is 0 Å². The van der Waals surface area contributed by atoms with Gasteiger partial charge in [-0.15, -0.1) is 0 Å². The summed E-state index contributed by atoms with van der Waals surface area (Å²) in [5.74, 6) is -0.295. The molecule has 0 spiro atoms.